The highest BCUT2D eigenvalue weighted by Gasteiger charge is 2.22. The molecule has 0 amide bonds. The van der Waals surface area contributed by atoms with Gasteiger partial charge in [0, 0.05) is 16.7 Å². The third kappa shape index (κ3) is 3.07. The van der Waals surface area contributed by atoms with Crippen LogP contribution in [0.15, 0.2) is 54.6 Å². The number of ether oxygens (including phenoxy) is 4. The van der Waals surface area contributed by atoms with E-state index in [1.54, 1.807) is 6.07 Å². The minimum absolute atomic E-state index is 0.206. The fraction of sp³-hybridized carbons (Fsp3) is 0.0870. The van der Waals surface area contributed by atoms with Gasteiger partial charge in [0.05, 0.1) is 21.4 Å². The Morgan fingerprint density at radius 1 is 0.742 bits per heavy atom. The fourth-order valence-electron chi connectivity index (χ4n) is 3.70. The lowest BCUT2D eigenvalue weighted by Crippen LogP contribution is -1.93. The molecule has 6 rings (SSSR count). The maximum Gasteiger partial charge on any atom is 0.231 e. The molecule has 0 saturated heterocycles. The molecular weight excluding hydrogens is 439 g/mol. The van der Waals surface area contributed by atoms with E-state index in [1.807, 2.05) is 48.5 Å². The Morgan fingerprint density at radius 3 is 2.13 bits per heavy atom. The van der Waals surface area contributed by atoms with Gasteiger partial charge in [0.15, 0.2) is 23.0 Å². The van der Waals surface area contributed by atoms with Crippen molar-refractivity contribution in [2.45, 2.75) is 0 Å². The molecule has 3 heterocycles. The zero-order valence-corrected chi connectivity index (χ0v) is 17.5. The number of aromatic amines is 1. The summed E-state index contributed by atoms with van der Waals surface area (Å²) < 4.78 is 22.0. The summed E-state index contributed by atoms with van der Waals surface area (Å²) in [6, 6.07) is 17.0. The topological polar surface area (TPSA) is 65.6 Å². The van der Waals surface area contributed by atoms with Crippen LogP contribution >= 0.6 is 23.2 Å². The van der Waals surface area contributed by atoms with Crippen LogP contribution in [0.5, 0.6) is 23.0 Å². The van der Waals surface area contributed by atoms with Gasteiger partial charge in [-0.25, -0.2) is 4.98 Å². The number of fused-ring (bicyclic) bond motifs is 2. The second-order valence-corrected chi connectivity index (χ2v) is 7.83. The monoisotopic (exact) mass is 452 g/mol. The molecule has 154 valence electrons. The first-order valence-electron chi connectivity index (χ1n) is 9.52. The Kier molecular flexibility index (Phi) is 4.23. The summed E-state index contributed by atoms with van der Waals surface area (Å²) in [6.45, 7) is 0.415. The first-order chi connectivity index (χ1) is 15.2. The van der Waals surface area contributed by atoms with Gasteiger partial charge in [-0.1, -0.05) is 29.3 Å². The molecule has 0 atom stereocenters. The number of imidazole rings is 1. The number of rotatable bonds is 3. The number of hydrogen-bond donors (Lipinski definition) is 1. The number of benzene rings is 3. The van der Waals surface area contributed by atoms with Crippen LogP contribution in [0.4, 0.5) is 0 Å². The maximum absolute atomic E-state index is 6.47. The number of halogens is 2. The molecule has 0 unspecified atom stereocenters. The Labute approximate surface area is 187 Å². The molecule has 8 heteroatoms. The lowest BCUT2D eigenvalue weighted by Gasteiger charge is -2.05. The molecule has 2 aliphatic rings. The quantitative estimate of drug-likeness (QED) is 0.402. The molecule has 0 bridgehead atoms. The largest absolute Gasteiger partial charge is 0.454 e. The molecule has 4 aromatic rings. The second kappa shape index (κ2) is 7.11. The second-order valence-electron chi connectivity index (χ2n) is 7.05. The van der Waals surface area contributed by atoms with Crippen LogP contribution in [0.25, 0.3) is 33.9 Å². The molecule has 1 N–H and O–H groups in total. The van der Waals surface area contributed by atoms with E-state index in [4.69, 9.17) is 47.1 Å². The summed E-state index contributed by atoms with van der Waals surface area (Å²) in [5.74, 6) is 3.39. The van der Waals surface area contributed by atoms with Crippen molar-refractivity contribution in [1.29, 1.82) is 0 Å². The standard InChI is InChI=1S/C23H14Cl2N2O4/c24-15-3-1-2-14(20(15)25)23-26-21(12-4-6-16-18(8-12)30-10-28-16)22(27-23)13-5-7-17-19(9-13)31-11-29-17/h1-9H,10-11H2,(H,26,27). The summed E-state index contributed by atoms with van der Waals surface area (Å²) in [6.07, 6.45) is 0. The summed E-state index contributed by atoms with van der Waals surface area (Å²) in [4.78, 5) is 8.30. The van der Waals surface area contributed by atoms with E-state index in [9.17, 15) is 0 Å². The predicted octanol–water partition coefficient (Wildman–Crippen LogP) is 6.17. The first kappa shape index (κ1) is 18.4. The van der Waals surface area contributed by atoms with E-state index < -0.39 is 0 Å². The van der Waals surface area contributed by atoms with Crippen LogP contribution in [-0.4, -0.2) is 23.6 Å². The van der Waals surface area contributed by atoms with Crippen LogP contribution in [0, 0.1) is 0 Å². The van der Waals surface area contributed by atoms with Gasteiger partial charge in [-0.3, -0.25) is 0 Å². The number of nitrogens with zero attached hydrogens (tertiary/aromatic N) is 1. The molecule has 0 saturated carbocycles. The van der Waals surface area contributed by atoms with Crippen LogP contribution in [-0.2, 0) is 0 Å². The van der Waals surface area contributed by atoms with Gasteiger partial charge >= 0.3 is 0 Å². The van der Waals surface area contributed by atoms with Crippen molar-refractivity contribution in [3.8, 4) is 56.9 Å². The van der Waals surface area contributed by atoms with Crippen LogP contribution in [0.3, 0.4) is 0 Å². The lowest BCUT2D eigenvalue weighted by molar-refractivity contribution is 0.173. The molecule has 3 aromatic carbocycles. The normalized spacial score (nSPS) is 13.6. The summed E-state index contributed by atoms with van der Waals surface area (Å²) in [5, 5.41) is 0.900. The summed E-state index contributed by atoms with van der Waals surface area (Å²) in [5.41, 5.74) is 4.03. The van der Waals surface area contributed by atoms with Crippen molar-refractivity contribution >= 4 is 23.2 Å². The average molecular weight is 453 g/mol. The Bertz CT molecular complexity index is 1260. The molecule has 2 aliphatic heterocycles. The first-order valence-corrected chi connectivity index (χ1v) is 10.3. The highest BCUT2D eigenvalue weighted by molar-refractivity contribution is 6.43. The van der Waals surface area contributed by atoms with E-state index in [1.165, 1.54) is 0 Å². The molecule has 6 nitrogen and oxygen atoms in total. The van der Waals surface area contributed by atoms with Gasteiger partial charge in [0.2, 0.25) is 13.6 Å². The van der Waals surface area contributed by atoms with E-state index in [0.717, 1.165) is 22.5 Å². The molecule has 0 spiro atoms. The van der Waals surface area contributed by atoms with E-state index in [-0.39, 0.29) is 13.6 Å². The van der Waals surface area contributed by atoms with Gasteiger partial charge in [0.25, 0.3) is 0 Å². The van der Waals surface area contributed by atoms with Crippen LogP contribution in [0.2, 0.25) is 10.0 Å². The zero-order valence-electron chi connectivity index (χ0n) is 15.9. The van der Waals surface area contributed by atoms with E-state index >= 15 is 0 Å². The fourth-order valence-corrected chi connectivity index (χ4v) is 4.09. The molecule has 31 heavy (non-hydrogen) atoms. The Hall–Kier alpha value is -3.35. The van der Waals surface area contributed by atoms with Crippen molar-refractivity contribution in [3.63, 3.8) is 0 Å². The van der Waals surface area contributed by atoms with E-state index in [2.05, 4.69) is 4.98 Å². The Morgan fingerprint density at radius 2 is 1.39 bits per heavy atom. The summed E-state index contributed by atoms with van der Waals surface area (Å²) in [7, 11) is 0. The SMILES string of the molecule is Clc1cccc(-c2nc(-c3ccc4c(c3)OCO4)c(-c3ccc4c(c3)OCO4)[nH]2)c1Cl. The smallest absolute Gasteiger partial charge is 0.231 e. The minimum Gasteiger partial charge on any atom is -0.454 e. The van der Waals surface area contributed by atoms with Crippen molar-refractivity contribution in [1.82, 2.24) is 9.97 Å². The van der Waals surface area contributed by atoms with Crippen LogP contribution in [0.1, 0.15) is 0 Å². The van der Waals surface area contributed by atoms with Crippen molar-refractivity contribution in [3.05, 3.63) is 64.6 Å². The average Bonchev–Trinajstić information content (AvgIpc) is 3.53. The predicted molar refractivity (Wildman–Crippen MR) is 117 cm³/mol. The number of aromatic nitrogens is 2. The third-order valence-corrected chi connectivity index (χ3v) is 6.04. The number of hydrogen-bond acceptors (Lipinski definition) is 5. The van der Waals surface area contributed by atoms with Gasteiger partial charge in [-0.2, -0.15) is 0 Å². The zero-order chi connectivity index (χ0) is 20.9. The molecule has 0 aliphatic carbocycles. The molecular formula is C23H14Cl2N2O4. The molecule has 1 aromatic heterocycles. The summed E-state index contributed by atoms with van der Waals surface area (Å²) >= 11 is 12.7. The molecule has 0 radical (unpaired) electrons. The Balaban J connectivity index is 1.55. The third-order valence-electron chi connectivity index (χ3n) is 5.22. The van der Waals surface area contributed by atoms with Gasteiger partial charge in [-0.15, -0.1) is 0 Å². The van der Waals surface area contributed by atoms with Gasteiger partial charge < -0.3 is 23.9 Å². The number of H-pyrrole nitrogens is 1. The van der Waals surface area contributed by atoms with E-state index in [0.29, 0.717) is 44.4 Å². The lowest BCUT2D eigenvalue weighted by atomic mass is 10.0. The van der Waals surface area contributed by atoms with Crippen molar-refractivity contribution in [2.75, 3.05) is 13.6 Å². The number of nitrogens with one attached hydrogen (secondary N) is 1. The van der Waals surface area contributed by atoms with Crippen LogP contribution < -0.4 is 18.9 Å². The maximum atomic E-state index is 6.47. The minimum atomic E-state index is 0.206. The van der Waals surface area contributed by atoms with Gasteiger partial charge in [0.1, 0.15) is 5.82 Å². The van der Waals surface area contributed by atoms with Crippen molar-refractivity contribution < 1.29 is 18.9 Å². The highest BCUT2D eigenvalue weighted by Crippen LogP contribution is 2.43. The highest BCUT2D eigenvalue weighted by atomic mass is 35.5. The van der Waals surface area contributed by atoms with Crippen molar-refractivity contribution in [2.24, 2.45) is 0 Å². The van der Waals surface area contributed by atoms with Gasteiger partial charge in [-0.05, 0) is 48.5 Å². The molecule has 0 fully saturated rings.